The number of nitrogens with zero attached hydrogens (tertiary/aromatic N) is 4. The Balaban J connectivity index is 1.41. The van der Waals surface area contributed by atoms with Crippen LogP contribution in [0, 0.1) is 5.92 Å². The average Bonchev–Trinajstić information content (AvgIpc) is 3.47. The second-order valence-electron chi connectivity index (χ2n) is 8.66. The average molecular weight is 426 g/mol. The summed E-state index contributed by atoms with van der Waals surface area (Å²) in [5.41, 5.74) is 0.811. The van der Waals surface area contributed by atoms with Gasteiger partial charge in [-0.25, -0.2) is 0 Å². The minimum Gasteiger partial charge on any atom is -0.356 e. The van der Waals surface area contributed by atoms with E-state index in [2.05, 4.69) is 20.4 Å². The van der Waals surface area contributed by atoms with Gasteiger partial charge in [-0.15, -0.1) is 0 Å². The first kappa shape index (κ1) is 21.5. The number of hydrogen-bond donors (Lipinski definition) is 1. The molecular weight excluding hydrogens is 394 g/mol. The van der Waals surface area contributed by atoms with E-state index >= 15 is 0 Å². The lowest BCUT2D eigenvalue weighted by Gasteiger charge is -2.24. The minimum absolute atomic E-state index is 0.0131. The molecule has 1 saturated carbocycles. The molecule has 2 amide bonds. The van der Waals surface area contributed by atoms with Gasteiger partial charge in [-0.3, -0.25) is 14.6 Å². The molecule has 2 aliphatic rings. The highest BCUT2D eigenvalue weighted by molar-refractivity contribution is 5.79. The summed E-state index contributed by atoms with van der Waals surface area (Å²) < 4.78 is 5.57. The zero-order valence-corrected chi connectivity index (χ0v) is 18.0. The van der Waals surface area contributed by atoms with Crippen molar-refractivity contribution >= 4 is 11.8 Å². The lowest BCUT2D eigenvalue weighted by Crippen LogP contribution is -2.36. The summed E-state index contributed by atoms with van der Waals surface area (Å²) in [4.78, 5) is 35.7. The van der Waals surface area contributed by atoms with Crippen LogP contribution in [0.5, 0.6) is 0 Å². The van der Waals surface area contributed by atoms with Gasteiger partial charge in [-0.1, -0.05) is 18.0 Å². The first-order valence-corrected chi connectivity index (χ1v) is 11.5. The molecule has 3 heterocycles. The van der Waals surface area contributed by atoms with Gasteiger partial charge >= 0.3 is 0 Å². The van der Waals surface area contributed by atoms with Crippen molar-refractivity contribution in [3.8, 4) is 11.4 Å². The zero-order valence-electron chi connectivity index (χ0n) is 18.0. The monoisotopic (exact) mass is 425 g/mol. The Bertz CT molecular complexity index is 863. The van der Waals surface area contributed by atoms with Crippen molar-refractivity contribution in [2.24, 2.45) is 5.92 Å². The first-order valence-electron chi connectivity index (χ1n) is 11.5. The lowest BCUT2D eigenvalue weighted by molar-refractivity contribution is -0.132. The Morgan fingerprint density at radius 1 is 1.16 bits per heavy atom. The minimum atomic E-state index is -0.0131. The topological polar surface area (TPSA) is 101 Å². The first-order chi connectivity index (χ1) is 15.2. The van der Waals surface area contributed by atoms with Crippen LogP contribution in [-0.4, -0.2) is 51.5 Å². The molecular formula is C23H31N5O3. The van der Waals surface area contributed by atoms with Crippen LogP contribution in [0.4, 0.5) is 0 Å². The summed E-state index contributed by atoms with van der Waals surface area (Å²) in [6.07, 6.45) is 11.6. The van der Waals surface area contributed by atoms with Crippen molar-refractivity contribution in [1.29, 1.82) is 0 Å². The molecule has 1 unspecified atom stereocenters. The molecule has 8 nitrogen and oxygen atoms in total. The third kappa shape index (κ3) is 5.89. The van der Waals surface area contributed by atoms with E-state index in [1.54, 1.807) is 12.4 Å². The van der Waals surface area contributed by atoms with Crippen LogP contribution in [0.25, 0.3) is 11.4 Å². The molecule has 166 valence electrons. The largest absolute Gasteiger partial charge is 0.356 e. The summed E-state index contributed by atoms with van der Waals surface area (Å²) in [6, 6.07) is 3.73. The maximum atomic E-state index is 12.9. The molecule has 1 saturated heterocycles. The Hall–Kier alpha value is -2.77. The molecule has 4 rings (SSSR count). The SMILES string of the molecule is O=C1CCN(C(=O)CC2CCCC2)CCCC(c2nc(-c3cccnc3)no2)CCN1. The molecule has 0 aromatic carbocycles. The maximum Gasteiger partial charge on any atom is 0.230 e. The van der Waals surface area contributed by atoms with Gasteiger partial charge in [0.2, 0.25) is 23.5 Å². The van der Waals surface area contributed by atoms with E-state index in [4.69, 9.17) is 4.52 Å². The highest BCUT2D eigenvalue weighted by Gasteiger charge is 2.25. The molecule has 31 heavy (non-hydrogen) atoms. The number of hydrogen-bond acceptors (Lipinski definition) is 6. The van der Waals surface area contributed by atoms with Crippen LogP contribution in [-0.2, 0) is 9.59 Å². The van der Waals surface area contributed by atoms with Crippen LogP contribution in [0.1, 0.15) is 69.6 Å². The summed E-state index contributed by atoms with van der Waals surface area (Å²) in [7, 11) is 0. The maximum absolute atomic E-state index is 12.9. The van der Waals surface area contributed by atoms with Crippen LogP contribution in [0.15, 0.2) is 29.0 Å². The fraction of sp³-hybridized carbons (Fsp3) is 0.609. The number of rotatable bonds is 4. The summed E-state index contributed by atoms with van der Waals surface area (Å²) in [5.74, 6) is 1.83. The summed E-state index contributed by atoms with van der Waals surface area (Å²) in [5, 5.41) is 7.09. The van der Waals surface area contributed by atoms with E-state index in [1.165, 1.54) is 12.8 Å². The highest BCUT2D eigenvalue weighted by atomic mass is 16.5. The molecule has 2 aromatic heterocycles. The quantitative estimate of drug-likeness (QED) is 0.806. The summed E-state index contributed by atoms with van der Waals surface area (Å²) in [6.45, 7) is 1.72. The summed E-state index contributed by atoms with van der Waals surface area (Å²) >= 11 is 0. The van der Waals surface area contributed by atoms with Gasteiger partial charge in [-0.05, 0) is 50.2 Å². The third-order valence-corrected chi connectivity index (χ3v) is 6.41. The van der Waals surface area contributed by atoms with Gasteiger partial charge in [0.1, 0.15) is 0 Å². The highest BCUT2D eigenvalue weighted by Crippen LogP contribution is 2.29. The Labute approximate surface area is 182 Å². The Morgan fingerprint density at radius 3 is 2.84 bits per heavy atom. The molecule has 0 bridgehead atoms. The number of amides is 2. The molecule has 1 atom stereocenters. The molecule has 1 aliphatic carbocycles. The van der Waals surface area contributed by atoms with Crippen LogP contribution < -0.4 is 5.32 Å². The third-order valence-electron chi connectivity index (χ3n) is 6.41. The van der Waals surface area contributed by atoms with Gasteiger partial charge in [0, 0.05) is 56.4 Å². The standard InChI is InChI=1S/C23H31N5O3/c29-20-10-14-28(21(30)15-17-5-1-2-6-17)13-4-8-18(9-12-25-20)23-26-22(27-31-23)19-7-3-11-24-16-19/h3,7,11,16-18H,1-2,4-6,8-10,12-15H2,(H,25,29). The molecule has 2 fully saturated rings. The smallest absolute Gasteiger partial charge is 0.230 e. The van der Waals surface area contributed by atoms with Crippen LogP contribution >= 0.6 is 0 Å². The second-order valence-corrected chi connectivity index (χ2v) is 8.66. The van der Waals surface area contributed by atoms with Crippen molar-refractivity contribution in [3.05, 3.63) is 30.4 Å². The van der Waals surface area contributed by atoms with Gasteiger partial charge < -0.3 is 14.7 Å². The van der Waals surface area contributed by atoms with E-state index < -0.39 is 0 Å². The molecule has 8 heteroatoms. The van der Waals surface area contributed by atoms with Gasteiger partial charge in [0.05, 0.1) is 0 Å². The van der Waals surface area contributed by atoms with E-state index in [-0.39, 0.29) is 17.7 Å². The van der Waals surface area contributed by atoms with Gasteiger partial charge in [0.15, 0.2) is 0 Å². The Kier molecular flexibility index (Phi) is 7.27. The predicted molar refractivity (Wildman–Crippen MR) is 115 cm³/mol. The van der Waals surface area contributed by atoms with E-state index in [1.807, 2.05) is 17.0 Å². The van der Waals surface area contributed by atoms with Crippen molar-refractivity contribution in [3.63, 3.8) is 0 Å². The number of carbonyl (C=O) groups is 2. The van der Waals surface area contributed by atoms with Crippen molar-refractivity contribution < 1.29 is 14.1 Å². The molecule has 0 spiro atoms. The van der Waals surface area contributed by atoms with Gasteiger partial charge in [-0.2, -0.15) is 4.98 Å². The fourth-order valence-corrected chi connectivity index (χ4v) is 4.60. The van der Waals surface area contributed by atoms with Crippen molar-refractivity contribution in [1.82, 2.24) is 25.3 Å². The normalized spacial score (nSPS) is 21.5. The number of aromatic nitrogens is 3. The van der Waals surface area contributed by atoms with Crippen LogP contribution in [0.2, 0.25) is 0 Å². The molecule has 1 aliphatic heterocycles. The molecule has 1 N–H and O–H groups in total. The number of nitrogens with one attached hydrogen (secondary N) is 1. The van der Waals surface area contributed by atoms with Gasteiger partial charge in [0.25, 0.3) is 0 Å². The number of carbonyl (C=O) groups excluding carboxylic acids is 2. The van der Waals surface area contributed by atoms with Crippen LogP contribution in [0.3, 0.4) is 0 Å². The molecule has 0 radical (unpaired) electrons. The number of pyridine rings is 1. The van der Waals surface area contributed by atoms with Crippen molar-refractivity contribution in [2.45, 2.75) is 63.7 Å². The molecule has 2 aromatic rings. The van der Waals surface area contributed by atoms with E-state index in [0.29, 0.717) is 50.1 Å². The fourth-order valence-electron chi connectivity index (χ4n) is 4.60. The Morgan fingerprint density at radius 2 is 2.03 bits per heavy atom. The second kappa shape index (κ2) is 10.5. The van der Waals surface area contributed by atoms with E-state index in [0.717, 1.165) is 37.7 Å². The lowest BCUT2D eigenvalue weighted by atomic mass is 9.98. The predicted octanol–water partition coefficient (Wildman–Crippen LogP) is 3.31. The van der Waals surface area contributed by atoms with Crippen molar-refractivity contribution in [2.75, 3.05) is 19.6 Å². The van der Waals surface area contributed by atoms with E-state index in [9.17, 15) is 9.59 Å². The zero-order chi connectivity index (χ0) is 21.5.